The summed E-state index contributed by atoms with van der Waals surface area (Å²) in [6, 6.07) is 9.30. The van der Waals surface area contributed by atoms with Crippen LogP contribution in [0.15, 0.2) is 41.2 Å². The maximum Gasteiger partial charge on any atom is 0.273 e. The number of hydrogen-bond donors (Lipinski definition) is 1. The standard InChI is InChI=1S/C20H20N6O2S/c1-13-22-19(24-23-13)20-10-25(17(27)14-5-3-2-4-6-14)7-15(20)8-26(11-20)18(28)16-9-29-12-21-16/h2-6,9,12,15H,7-8,10-11H2,1H3,(H,22,23,24)/t15-,20-/m0/s1. The summed E-state index contributed by atoms with van der Waals surface area (Å²) in [7, 11) is 0. The molecule has 0 spiro atoms. The first-order valence-corrected chi connectivity index (χ1v) is 10.4. The van der Waals surface area contributed by atoms with E-state index >= 15 is 0 Å². The fourth-order valence-electron chi connectivity index (χ4n) is 4.50. The van der Waals surface area contributed by atoms with Crippen molar-refractivity contribution in [3.63, 3.8) is 0 Å². The number of nitrogens with one attached hydrogen (secondary N) is 1. The number of carbonyl (C=O) groups is 2. The quantitative estimate of drug-likeness (QED) is 0.712. The van der Waals surface area contributed by atoms with Crippen molar-refractivity contribution in [3.8, 4) is 0 Å². The normalized spacial score (nSPS) is 23.4. The molecular weight excluding hydrogens is 388 g/mol. The van der Waals surface area contributed by atoms with E-state index in [1.54, 1.807) is 10.9 Å². The van der Waals surface area contributed by atoms with Crippen molar-refractivity contribution in [1.82, 2.24) is 30.0 Å². The van der Waals surface area contributed by atoms with Gasteiger partial charge in [-0.3, -0.25) is 14.7 Å². The van der Waals surface area contributed by atoms with Crippen LogP contribution >= 0.6 is 11.3 Å². The van der Waals surface area contributed by atoms with Gasteiger partial charge in [0.05, 0.1) is 10.9 Å². The van der Waals surface area contributed by atoms with Crippen LogP contribution in [0.5, 0.6) is 0 Å². The minimum atomic E-state index is -0.471. The van der Waals surface area contributed by atoms with Crippen LogP contribution in [0.2, 0.25) is 0 Å². The number of aromatic nitrogens is 4. The molecule has 2 amide bonds. The number of carbonyl (C=O) groups excluding carboxylic acids is 2. The fourth-order valence-corrected chi connectivity index (χ4v) is 5.03. The molecule has 2 saturated heterocycles. The lowest BCUT2D eigenvalue weighted by atomic mass is 9.80. The summed E-state index contributed by atoms with van der Waals surface area (Å²) < 4.78 is 0. The molecule has 0 unspecified atom stereocenters. The van der Waals surface area contributed by atoms with Gasteiger partial charge in [0.15, 0.2) is 5.82 Å². The average molecular weight is 408 g/mol. The molecule has 5 rings (SSSR count). The highest BCUT2D eigenvalue weighted by atomic mass is 32.1. The summed E-state index contributed by atoms with van der Waals surface area (Å²) in [6.07, 6.45) is 0. The summed E-state index contributed by atoms with van der Waals surface area (Å²) in [6.45, 7) is 3.95. The van der Waals surface area contributed by atoms with Crippen molar-refractivity contribution < 1.29 is 9.59 Å². The monoisotopic (exact) mass is 408 g/mol. The molecule has 0 bridgehead atoms. The number of hydrogen-bond acceptors (Lipinski definition) is 6. The molecule has 2 atom stereocenters. The Morgan fingerprint density at radius 2 is 1.86 bits per heavy atom. The number of thiazole rings is 1. The highest BCUT2D eigenvalue weighted by Crippen LogP contribution is 2.44. The van der Waals surface area contributed by atoms with Crippen LogP contribution in [0.25, 0.3) is 0 Å². The number of aromatic amines is 1. The molecule has 148 valence electrons. The molecular formula is C20H20N6O2S. The van der Waals surface area contributed by atoms with Gasteiger partial charge in [-0.2, -0.15) is 5.10 Å². The second-order valence-electron chi connectivity index (χ2n) is 7.71. The highest BCUT2D eigenvalue weighted by molar-refractivity contribution is 7.07. The van der Waals surface area contributed by atoms with Crippen LogP contribution < -0.4 is 0 Å². The summed E-state index contributed by atoms with van der Waals surface area (Å²) in [5, 5.41) is 9.12. The number of amides is 2. The molecule has 3 aromatic rings. The first-order valence-electron chi connectivity index (χ1n) is 9.48. The molecule has 0 saturated carbocycles. The van der Waals surface area contributed by atoms with E-state index < -0.39 is 5.41 Å². The largest absolute Gasteiger partial charge is 0.337 e. The second-order valence-corrected chi connectivity index (χ2v) is 8.43. The van der Waals surface area contributed by atoms with E-state index in [4.69, 9.17) is 0 Å². The Morgan fingerprint density at radius 1 is 1.14 bits per heavy atom. The highest BCUT2D eigenvalue weighted by Gasteiger charge is 2.57. The number of H-pyrrole nitrogens is 1. The Morgan fingerprint density at radius 3 is 2.48 bits per heavy atom. The lowest BCUT2D eigenvalue weighted by molar-refractivity contribution is 0.0729. The van der Waals surface area contributed by atoms with Crippen molar-refractivity contribution >= 4 is 23.2 Å². The van der Waals surface area contributed by atoms with E-state index in [0.29, 0.717) is 43.3 Å². The van der Waals surface area contributed by atoms with Gasteiger partial charge in [-0.1, -0.05) is 18.2 Å². The summed E-state index contributed by atoms with van der Waals surface area (Å²) in [5.41, 5.74) is 2.33. The van der Waals surface area contributed by atoms with E-state index in [1.165, 1.54) is 11.3 Å². The van der Waals surface area contributed by atoms with Crippen LogP contribution in [-0.2, 0) is 5.41 Å². The number of benzene rings is 1. The van der Waals surface area contributed by atoms with Crippen molar-refractivity contribution in [2.45, 2.75) is 12.3 Å². The predicted octanol–water partition coefficient (Wildman–Crippen LogP) is 1.74. The summed E-state index contributed by atoms with van der Waals surface area (Å²) in [5.74, 6) is 1.41. The van der Waals surface area contributed by atoms with Crippen LogP contribution in [0, 0.1) is 12.8 Å². The molecule has 0 radical (unpaired) electrons. The molecule has 2 aliphatic rings. The van der Waals surface area contributed by atoms with E-state index in [9.17, 15) is 9.59 Å². The Bertz CT molecular complexity index is 1050. The first-order chi connectivity index (χ1) is 14.1. The maximum atomic E-state index is 13.0. The second kappa shape index (κ2) is 6.77. The molecule has 9 heteroatoms. The molecule has 2 fully saturated rings. The summed E-state index contributed by atoms with van der Waals surface area (Å²) in [4.78, 5) is 38.4. The number of rotatable bonds is 3. The van der Waals surface area contributed by atoms with Crippen molar-refractivity contribution in [1.29, 1.82) is 0 Å². The molecule has 2 aromatic heterocycles. The minimum absolute atomic E-state index is 0.00371. The third-order valence-electron chi connectivity index (χ3n) is 5.90. The van der Waals surface area contributed by atoms with Gasteiger partial charge in [-0.15, -0.1) is 11.3 Å². The molecule has 1 aromatic carbocycles. The van der Waals surface area contributed by atoms with Gasteiger partial charge in [-0.25, -0.2) is 9.97 Å². The van der Waals surface area contributed by atoms with E-state index in [-0.39, 0.29) is 17.7 Å². The van der Waals surface area contributed by atoms with Crippen molar-refractivity contribution in [2.75, 3.05) is 26.2 Å². The van der Waals surface area contributed by atoms with Crippen molar-refractivity contribution in [2.24, 2.45) is 5.92 Å². The van der Waals surface area contributed by atoms with Gasteiger partial charge < -0.3 is 9.80 Å². The Balaban J connectivity index is 1.46. The van der Waals surface area contributed by atoms with Gasteiger partial charge >= 0.3 is 0 Å². The van der Waals surface area contributed by atoms with Gasteiger partial charge in [0.25, 0.3) is 11.8 Å². The SMILES string of the molecule is Cc1nc([C@]23CN(C(=O)c4ccccc4)C[C@H]2CN(C(=O)c2cscn2)C3)n[nH]1. The molecule has 8 nitrogen and oxygen atoms in total. The number of likely N-dealkylation sites (tertiary alicyclic amines) is 2. The third kappa shape index (κ3) is 2.93. The topological polar surface area (TPSA) is 95.1 Å². The number of nitrogens with zero attached hydrogens (tertiary/aromatic N) is 5. The average Bonchev–Trinajstić information content (AvgIpc) is 3.50. The lowest BCUT2D eigenvalue weighted by Gasteiger charge is -2.26. The van der Waals surface area contributed by atoms with Gasteiger partial charge in [0.1, 0.15) is 11.5 Å². The van der Waals surface area contributed by atoms with Crippen LogP contribution in [0.1, 0.15) is 32.5 Å². The van der Waals surface area contributed by atoms with E-state index in [2.05, 4.69) is 20.2 Å². The van der Waals surface area contributed by atoms with Crippen LogP contribution in [0.3, 0.4) is 0 Å². The fraction of sp³-hybridized carbons (Fsp3) is 0.350. The van der Waals surface area contributed by atoms with Crippen LogP contribution in [0.4, 0.5) is 0 Å². The van der Waals surface area contributed by atoms with Crippen LogP contribution in [-0.4, -0.2) is 68.0 Å². The molecule has 2 aliphatic heterocycles. The molecule has 0 aliphatic carbocycles. The van der Waals surface area contributed by atoms with E-state index in [0.717, 1.165) is 5.82 Å². The van der Waals surface area contributed by atoms with Gasteiger partial charge in [0.2, 0.25) is 0 Å². The predicted molar refractivity (Wildman–Crippen MR) is 107 cm³/mol. The van der Waals surface area contributed by atoms with Crippen molar-refractivity contribution in [3.05, 3.63) is 64.1 Å². The smallest absolute Gasteiger partial charge is 0.273 e. The first kappa shape index (κ1) is 18.0. The Kier molecular flexibility index (Phi) is 4.20. The molecule has 29 heavy (non-hydrogen) atoms. The zero-order chi connectivity index (χ0) is 20.0. The third-order valence-corrected chi connectivity index (χ3v) is 6.48. The summed E-state index contributed by atoms with van der Waals surface area (Å²) >= 11 is 1.41. The zero-order valence-electron chi connectivity index (χ0n) is 15.9. The number of aryl methyl sites for hydroxylation is 1. The minimum Gasteiger partial charge on any atom is -0.337 e. The Hall–Kier alpha value is -3.07. The lowest BCUT2D eigenvalue weighted by Crippen LogP contribution is -2.42. The van der Waals surface area contributed by atoms with E-state index in [1.807, 2.05) is 47.1 Å². The van der Waals surface area contributed by atoms with Gasteiger partial charge in [0, 0.05) is 43.0 Å². The molecule has 1 N–H and O–H groups in total. The number of fused-ring (bicyclic) bond motifs is 1. The Labute approximate surface area is 171 Å². The maximum absolute atomic E-state index is 13.0. The molecule has 4 heterocycles. The zero-order valence-corrected chi connectivity index (χ0v) is 16.7. The van der Waals surface area contributed by atoms with Gasteiger partial charge in [-0.05, 0) is 19.1 Å².